The maximum Gasteiger partial charge on any atom is 0.151 e. The van der Waals surface area contributed by atoms with Crippen molar-refractivity contribution in [1.29, 1.82) is 0 Å². The van der Waals surface area contributed by atoms with Crippen molar-refractivity contribution in [2.75, 3.05) is 13.1 Å². The Balaban J connectivity index is 2.19. The van der Waals surface area contributed by atoms with E-state index in [4.69, 9.17) is 0 Å². The number of hydrogen-bond donors (Lipinski definition) is 1. The average molecular weight is 329 g/mol. The van der Waals surface area contributed by atoms with Crippen LogP contribution in [0.25, 0.3) is 0 Å². The molecular formula is C14H25BrN4. The minimum atomic E-state index is 0.576. The molecule has 0 spiro atoms. The van der Waals surface area contributed by atoms with Gasteiger partial charge in [0.25, 0.3) is 0 Å². The van der Waals surface area contributed by atoms with Crippen LogP contribution in [-0.4, -0.2) is 28.1 Å². The minimum Gasteiger partial charge on any atom is -0.317 e. The fourth-order valence-corrected chi connectivity index (χ4v) is 3.95. The highest BCUT2D eigenvalue weighted by atomic mass is 79.9. The lowest BCUT2D eigenvalue weighted by Crippen LogP contribution is -2.33. The van der Waals surface area contributed by atoms with Crippen LogP contribution in [0.4, 0.5) is 0 Å². The summed E-state index contributed by atoms with van der Waals surface area (Å²) in [7, 11) is 2.01. The van der Waals surface area contributed by atoms with E-state index >= 15 is 0 Å². The van der Waals surface area contributed by atoms with Crippen LogP contribution in [0, 0.1) is 11.8 Å². The predicted molar refractivity (Wildman–Crippen MR) is 81.1 cm³/mol. The average Bonchev–Trinajstić information content (AvgIpc) is 2.76. The summed E-state index contributed by atoms with van der Waals surface area (Å²) in [5.74, 6) is 2.13. The third-order valence-electron chi connectivity index (χ3n) is 4.51. The van der Waals surface area contributed by atoms with Crippen molar-refractivity contribution in [3.05, 3.63) is 10.3 Å². The van der Waals surface area contributed by atoms with Gasteiger partial charge in [-0.15, -0.1) is 5.10 Å². The van der Waals surface area contributed by atoms with E-state index < -0.39 is 0 Å². The number of hydrogen-bond acceptors (Lipinski definition) is 3. The van der Waals surface area contributed by atoms with Crippen LogP contribution in [-0.2, 0) is 7.05 Å². The van der Waals surface area contributed by atoms with E-state index in [2.05, 4.69) is 45.4 Å². The first-order valence-electron chi connectivity index (χ1n) is 7.43. The SMILES string of the molecule is CCNCC1CCC(CC)CC1c1c(Br)nnn1C. The molecule has 1 N–H and O–H groups in total. The molecule has 1 aliphatic carbocycles. The molecule has 5 heteroatoms. The molecule has 3 atom stereocenters. The van der Waals surface area contributed by atoms with Gasteiger partial charge in [0, 0.05) is 13.0 Å². The smallest absolute Gasteiger partial charge is 0.151 e. The highest BCUT2D eigenvalue weighted by molar-refractivity contribution is 9.10. The van der Waals surface area contributed by atoms with Gasteiger partial charge in [0.05, 0.1) is 5.69 Å². The maximum absolute atomic E-state index is 4.17. The van der Waals surface area contributed by atoms with Crippen LogP contribution in [0.5, 0.6) is 0 Å². The van der Waals surface area contributed by atoms with Gasteiger partial charge >= 0.3 is 0 Å². The van der Waals surface area contributed by atoms with Gasteiger partial charge in [-0.2, -0.15) is 0 Å². The molecule has 1 aliphatic rings. The van der Waals surface area contributed by atoms with Crippen molar-refractivity contribution in [2.24, 2.45) is 18.9 Å². The molecule has 0 saturated heterocycles. The van der Waals surface area contributed by atoms with Gasteiger partial charge in [0.2, 0.25) is 0 Å². The fourth-order valence-electron chi connectivity index (χ4n) is 3.33. The summed E-state index contributed by atoms with van der Waals surface area (Å²) >= 11 is 3.58. The van der Waals surface area contributed by atoms with E-state index in [9.17, 15) is 0 Å². The Morgan fingerprint density at radius 2 is 2.16 bits per heavy atom. The highest BCUT2D eigenvalue weighted by Gasteiger charge is 2.34. The molecule has 1 heterocycles. The molecule has 1 aromatic rings. The summed E-state index contributed by atoms with van der Waals surface area (Å²) in [5.41, 5.74) is 1.28. The highest BCUT2D eigenvalue weighted by Crippen LogP contribution is 2.42. The number of aryl methyl sites for hydroxylation is 1. The topological polar surface area (TPSA) is 42.7 Å². The van der Waals surface area contributed by atoms with Crippen LogP contribution in [0.15, 0.2) is 4.60 Å². The minimum absolute atomic E-state index is 0.576. The largest absolute Gasteiger partial charge is 0.317 e. The number of rotatable bonds is 5. The fraction of sp³-hybridized carbons (Fsp3) is 0.857. The molecule has 3 unspecified atom stereocenters. The zero-order valence-corrected chi connectivity index (χ0v) is 13.8. The Bertz CT molecular complexity index is 385. The Kier molecular flexibility index (Phi) is 5.39. The number of halogens is 1. The van der Waals surface area contributed by atoms with Crippen LogP contribution in [0.2, 0.25) is 0 Å². The van der Waals surface area contributed by atoms with E-state index in [1.165, 1.54) is 31.4 Å². The van der Waals surface area contributed by atoms with Gasteiger partial charge in [-0.1, -0.05) is 31.9 Å². The molecule has 1 aromatic heterocycles. The first-order valence-corrected chi connectivity index (χ1v) is 8.22. The van der Waals surface area contributed by atoms with Crippen molar-refractivity contribution in [2.45, 2.75) is 45.4 Å². The van der Waals surface area contributed by atoms with Crippen molar-refractivity contribution in [3.8, 4) is 0 Å². The zero-order valence-electron chi connectivity index (χ0n) is 12.2. The molecule has 4 nitrogen and oxygen atoms in total. The molecule has 0 aromatic carbocycles. The zero-order chi connectivity index (χ0) is 13.8. The standard InChI is InChI=1S/C14H25BrN4/c1-4-10-6-7-11(9-16-5-2)12(8-10)13-14(15)17-18-19(13)3/h10-12,16H,4-9H2,1-3H3. The lowest BCUT2D eigenvalue weighted by molar-refractivity contribution is 0.219. The summed E-state index contributed by atoms with van der Waals surface area (Å²) in [5, 5.41) is 11.8. The lowest BCUT2D eigenvalue weighted by Gasteiger charge is -2.36. The summed E-state index contributed by atoms with van der Waals surface area (Å²) in [4.78, 5) is 0. The molecule has 0 radical (unpaired) electrons. The third kappa shape index (κ3) is 3.37. The Hall–Kier alpha value is -0.420. The van der Waals surface area contributed by atoms with Crippen molar-refractivity contribution >= 4 is 15.9 Å². The predicted octanol–water partition coefficient (Wildman–Crippen LogP) is 3.10. The first kappa shape index (κ1) is 15.0. The summed E-state index contributed by atoms with van der Waals surface area (Å²) in [6, 6.07) is 0. The number of nitrogens with one attached hydrogen (secondary N) is 1. The quantitative estimate of drug-likeness (QED) is 0.903. The van der Waals surface area contributed by atoms with E-state index in [0.717, 1.165) is 23.6 Å². The number of aromatic nitrogens is 3. The van der Waals surface area contributed by atoms with Gasteiger partial charge in [-0.3, -0.25) is 4.68 Å². The van der Waals surface area contributed by atoms with Gasteiger partial charge in [0.1, 0.15) is 0 Å². The van der Waals surface area contributed by atoms with Gasteiger partial charge in [0.15, 0.2) is 4.60 Å². The van der Waals surface area contributed by atoms with Gasteiger partial charge in [-0.05, 0) is 53.7 Å². The monoisotopic (exact) mass is 328 g/mol. The Morgan fingerprint density at radius 1 is 1.37 bits per heavy atom. The second-order valence-electron chi connectivity index (χ2n) is 5.65. The summed E-state index contributed by atoms with van der Waals surface area (Å²) in [6.07, 6.45) is 5.24. The Morgan fingerprint density at radius 3 is 2.74 bits per heavy atom. The Labute approximate surface area is 124 Å². The molecule has 0 bridgehead atoms. The van der Waals surface area contributed by atoms with Gasteiger partial charge in [-0.25, -0.2) is 0 Å². The second kappa shape index (κ2) is 6.84. The second-order valence-corrected chi connectivity index (χ2v) is 6.40. The first-order chi connectivity index (χ1) is 9.17. The van der Waals surface area contributed by atoms with E-state index in [1.54, 1.807) is 0 Å². The summed E-state index contributed by atoms with van der Waals surface area (Å²) in [6.45, 7) is 6.64. The summed E-state index contributed by atoms with van der Waals surface area (Å²) < 4.78 is 2.88. The van der Waals surface area contributed by atoms with E-state index in [1.807, 2.05) is 11.7 Å². The van der Waals surface area contributed by atoms with Crippen molar-refractivity contribution in [1.82, 2.24) is 20.3 Å². The van der Waals surface area contributed by atoms with Crippen molar-refractivity contribution < 1.29 is 0 Å². The maximum atomic E-state index is 4.17. The van der Waals surface area contributed by atoms with Gasteiger partial charge < -0.3 is 5.32 Å². The molecule has 108 valence electrons. The van der Waals surface area contributed by atoms with Crippen molar-refractivity contribution in [3.63, 3.8) is 0 Å². The van der Waals surface area contributed by atoms with E-state index in [-0.39, 0.29) is 0 Å². The number of nitrogens with zero attached hydrogens (tertiary/aromatic N) is 3. The lowest BCUT2D eigenvalue weighted by atomic mass is 9.72. The van der Waals surface area contributed by atoms with Crippen LogP contribution in [0.3, 0.4) is 0 Å². The van der Waals surface area contributed by atoms with Crippen LogP contribution >= 0.6 is 15.9 Å². The molecule has 19 heavy (non-hydrogen) atoms. The molecule has 1 saturated carbocycles. The van der Waals surface area contributed by atoms with Crippen LogP contribution < -0.4 is 5.32 Å². The normalized spacial score (nSPS) is 27.7. The van der Waals surface area contributed by atoms with Crippen LogP contribution in [0.1, 0.15) is 51.1 Å². The molecule has 0 aliphatic heterocycles. The molecular weight excluding hydrogens is 304 g/mol. The molecule has 2 rings (SSSR count). The third-order valence-corrected chi connectivity index (χ3v) is 5.08. The van der Waals surface area contributed by atoms with E-state index in [0.29, 0.717) is 11.8 Å². The molecule has 0 amide bonds. The molecule has 1 fully saturated rings.